The maximum atomic E-state index is 4.56. The first-order valence-electron chi connectivity index (χ1n) is 7.93. The molecule has 0 aliphatic heterocycles. The van der Waals surface area contributed by atoms with E-state index < -0.39 is 0 Å². The molecule has 2 heterocycles. The number of hydrogen-bond acceptors (Lipinski definition) is 4. The van der Waals surface area contributed by atoms with E-state index in [1.807, 2.05) is 29.7 Å². The Balaban J connectivity index is 1.80. The van der Waals surface area contributed by atoms with Crippen LogP contribution in [0, 0.1) is 6.92 Å². The molecule has 0 saturated carbocycles. The smallest absolute Gasteiger partial charge is 0.130 e. The van der Waals surface area contributed by atoms with Gasteiger partial charge in [-0.2, -0.15) is 10.2 Å². The molecule has 120 valence electrons. The number of aryl methyl sites for hydroxylation is 3. The van der Waals surface area contributed by atoms with Crippen LogP contribution in [0.5, 0.6) is 0 Å². The Labute approximate surface area is 132 Å². The Morgan fingerprint density at radius 3 is 2.82 bits per heavy atom. The zero-order chi connectivity index (χ0) is 15.9. The molecule has 1 N–H and O–H groups in total. The summed E-state index contributed by atoms with van der Waals surface area (Å²) in [7, 11) is 8.18. The zero-order valence-electron chi connectivity index (χ0n) is 14.2. The molecular weight excluding hydrogens is 276 g/mol. The van der Waals surface area contributed by atoms with Crippen LogP contribution in [0.15, 0.2) is 6.20 Å². The van der Waals surface area contributed by atoms with Crippen LogP contribution in [0.2, 0.25) is 0 Å². The fourth-order valence-electron chi connectivity index (χ4n) is 3.60. The molecule has 0 aromatic carbocycles. The van der Waals surface area contributed by atoms with Crippen LogP contribution in [0.25, 0.3) is 0 Å². The van der Waals surface area contributed by atoms with Gasteiger partial charge in [0, 0.05) is 57.6 Å². The monoisotopic (exact) mass is 302 g/mol. The lowest BCUT2D eigenvalue weighted by Crippen LogP contribution is -2.26. The van der Waals surface area contributed by atoms with Crippen molar-refractivity contribution in [3.8, 4) is 0 Å². The van der Waals surface area contributed by atoms with Crippen molar-refractivity contribution in [1.82, 2.24) is 24.9 Å². The summed E-state index contributed by atoms with van der Waals surface area (Å²) in [6.07, 6.45) is 5.56. The van der Waals surface area contributed by atoms with Crippen LogP contribution in [0.3, 0.4) is 0 Å². The molecule has 1 aliphatic carbocycles. The summed E-state index contributed by atoms with van der Waals surface area (Å²) in [5.41, 5.74) is 5.12. The van der Waals surface area contributed by atoms with Gasteiger partial charge in [-0.25, -0.2) is 0 Å². The first-order valence-corrected chi connectivity index (χ1v) is 7.93. The van der Waals surface area contributed by atoms with Gasteiger partial charge in [-0.3, -0.25) is 9.36 Å². The van der Waals surface area contributed by atoms with Crippen LogP contribution < -0.4 is 10.2 Å². The number of nitrogens with one attached hydrogen (secondary N) is 1. The van der Waals surface area contributed by atoms with Gasteiger partial charge in [0.05, 0.1) is 11.9 Å². The maximum absolute atomic E-state index is 4.56. The van der Waals surface area contributed by atoms with Crippen molar-refractivity contribution < 1.29 is 0 Å². The highest BCUT2D eigenvalue weighted by Gasteiger charge is 2.24. The second-order valence-electron chi connectivity index (χ2n) is 6.40. The SMILES string of the molecule is Cc1nn(C)c(N(C)C)c1CNC1CCCc2c1cnn2C. The van der Waals surface area contributed by atoms with E-state index in [4.69, 9.17) is 0 Å². The van der Waals surface area contributed by atoms with Gasteiger partial charge in [0.1, 0.15) is 5.82 Å². The molecule has 22 heavy (non-hydrogen) atoms. The van der Waals surface area contributed by atoms with Crippen molar-refractivity contribution >= 4 is 5.82 Å². The van der Waals surface area contributed by atoms with Gasteiger partial charge in [-0.1, -0.05) is 0 Å². The van der Waals surface area contributed by atoms with Crippen LogP contribution in [-0.4, -0.2) is 33.7 Å². The van der Waals surface area contributed by atoms with E-state index in [-0.39, 0.29) is 0 Å². The third-order valence-electron chi connectivity index (χ3n) is 4.64. The number of fused-ring (bicyclic) bond motifs is 1. The van der Waals surface area contributed by atoms with Gasteiger partial charge in [0.2, 0.25) is 0 Å². The molecule has 1 unspecified atom stereocenters. The van der Waals surface area contributed by atoms with Crippen LogP contribution in [-0.2, 0) is 27.1 Å². The minimum atomic E-state index is 0.395. The molecule has 6 nitrogen and oxygen atoms in total. The molecule has 0 radical (unpaired) electrons. The lowest BCUT2D eigenvalue weighted by atomic mass is 9.93. The summed E-state index contributed by atoms with van der Waals surface area (Å²) in [6.45, 7) is 2.92. The van der Waals surface area contributed by atoms with Crippen molar-refractivity contribution in [3.05, 3.63) is 28.7 Å². The zero-order valence-corrected chi connectivity index (χ0v) is 14.2. The molecule has 0 bridgehead atoms. The minimum absolute atomic E-state index is 0.395. The third kappa shape index (κ3) is 2.52. The van der Waals surface area contributed by atoms with E-state index in [0.717, 1.165) is 18.7 Å². The van der Waals surface area contributed by atoms with Gasteiger partial charge < -0.3 is 10.2 Å². The number of hydrogen-bond donors (Lipinski definition) is 1. The number of anilines is 1. The van der Waals surface area contributed by atoms with Crippen molar-refractivity contribution in [2.24, 2.45) is 14.1 Å². The average Bonchev–Trinajstić information content (AvgIpc) is 2.97. The molecule has 1 aliphatic rings. The fraction of sp³-hybridized carbons (Fsp3) is 0.625. The van der Waals surface area contributed by atoms with Crippen molar-refractivity contribution in [3.63, 3.8) is 0 Å². The minimum Gasteiger partial charge on any atom is -0.363 e. The fourth-order valence-corrected chi connectivity index (χ4v) is 3.60. The lowest BCUT2D eigenvalue weighted by Gasteiger charge is -2.24. The van der Waals surface area contributed by atoms with Crippen molar-refractivity contribution in [2.75, 3.05) is 19.0 Å². The van der Waals surface area contributed by atoms with E-state index in [0.29, 0.717) is 6.04 Å². The van der Waals surface area contributed by atoms with Gasteiger partial charge >= 0.3 is 0 Å². The van der Waals surface area contributed by atoms with Crippen LogP contribution in [0.4, 0.5) is 5.82 Å². The van der Waals surface area contributed by atoms with E-state index in [1.165, 1.54) is 35.5 Å². The van der Waals surface area contributed by atoms with Crippen LogP contribution >= 0.6 is 0 Å². The largest absolute Gasteiger partial charge is 0.363 e. The number of nitrogens with zero attached hydrogens (tertiary/aromatic N) is 5. The Morgan fingerprint density at radius 2 is 2.09 bits per heavy atom. The molecule has 0 saturated heterocycles. The highest BCUT2D eigenvalue weighted by Crippen LogP contribution is 2.30. The first-order chi connectivity index (χ1) is 10.5. The van der Waals surface area contributed by atoms with Gasteiger partial charge in [0.25, 0.3) is 0 Å². The summed E-state index contributed by atoms with van der Waals surface area (Å²) in [4.78, 5) is 2.13. The molecule has 1 atom stereocenters. The van der Waals surface area contributed by atoms with E-state index >= 15 is 0 Å². The molecule has 0 amide bonds. The summed E-state index contributed by atoms with van der Waals surface area (Å²) >= 11 is 0. The highest BCUT2D eigenvalue weighted by molar-refractivity contribution is 5.49. The highest BCUT2D eigenvalue weighted by atomic mass is 15.4. The van der Waals surface area contributed by atoms with Gasteiger partial charge in [0.15, 0.2) is 0 Å². The Bertz CT molecular complexity index is 666. The molecule has 2 aromatic rings. The van der Waals surface area contributed by atoms with E-state index in [1.54, 1.807) is 0 Å². The van der Waals surface area contributed by atoms with Crippen molar-refractivity contribution in [2.45, 2.75) is 38.8 Å². The number of aromatic nitrogens is 4. The second-order valence-corrected chi connectivity index (χ2v) is 6.40. The summed E-state index contributed by atoms with van der Waals surface area (Å²) in [5.74, 6) is 1.17. The normalized spacial score (nSPS) is 17.6. The maximum Gasteiger partial charge on any atom is 0.130 e. The predicted octanol–water partition coefficient (Wildman–Crippen LogP) is 1.70. The molecule has 0 fully saturated rings. The number of rotatable bonds is 4. The van der Waals surface area contributed by atoms with E-state index in [2.05, 4.69) is 41.4 Å². The standard InChI is InChI=1S/C16H26N6/c1-11-12(16(20(2)3)22(5)19-11)9-17-14-7-6-8-15-13(14)10-18-21(15)4/h10,14,17H,6-9H2,1-5H3. The van der Waals surface area contributed by atoms with E-state index in [9.17, 15) is 0 Å². The van der Waals surface area contributed by atoms with Crippen molar-refractivity contribution in [1.29, 1.82) is 0 Å². The second kappa shape index (κ2) is 5.76. The first kappa shape index (κ1) is 15.1. The topological polar surface area (TPSA) is 50.9 Å². The Hall–Kier alpha value is -1.82. The molecule has 3 rings (SSSR count). The molecule has 6 heteroatoms. The summed E-state index contributed by atoms with van der Waals surface area (Å²) in [5, 5.41) is 12.7. The van der Waals surface area contributed by atoms with Gasteiger partial charge in [-0.05, 0) is 26.2 Å². The molecule has 0 spiro atoms. The summed E-state index contributed by atoms with van der Waals surface area (Å²) in [6, 6.07) is 0.395. The van der Waals surface area contributed by atoms with Gasteiger partial charge in [-0.15, -0.1) is 0 Å². The molecule has 2 aromatic heterocycles. The quantitative estimate of drug-likeness (QED) is 0.934. The Morgan fingerprint density at radius 1 is 1.32 bits per heavy atom. The average molecular weight is 302 g/mol. The lowest BCUT2D eigenvalue weighted by molar-refractivity contribution is 0.451. The Kier molecular flexibility index (Phi) is 3.95. The molecular formula is C16H26N6. The predicted molar refractivity (Wildman–Crippen MR) is 88.0 cm³/mol. The third-order valence-corrected chi connectivity index (χ3v) is 4.64. The summed E-state index contributed by atoms with van der Waals surface area (Å²) < 4.78 is 3.98. The van der Waals surface area contributed by atoms with Crippen LogP contribution in [0.1, 0.15) is 41.4 Å².